The van der Waals surface area contributed by atoms with Crippen molar-refractivity contribution in [3.8, 4) is 5.75 Å². The number of benzene rings is 1. The molecule has 0 bridgehead atoms. The van der Waals surface area contributed by atoms with Crippen molar-refractivity contribution in [1.29, 1.82) is 0 Å². The number of amides is 1. The first-order chi connectivity index (χ1) is 15.5. The molecule has 1 amide bonds. The van der Waals surface area contributed by atoms with E-state index in [4.69, 9.17) is 9.73 Å². The highest BCUT2D eigenvalue weighted by Gasteiger charge is 2.35. The summed E-state index contributed by atoms with van der Waals surface area (Å²) in [5.41, 5.74) is 1.74. The molecule has 1 aliphatic heterocycles. The first-order valence-corrected chi connectivity index (χ1v) is 12.2. The van der Waals surface area contributed by atoms with E-state index >= 15 is 0 Å². The molecule has 0 spiro atoms. The fourth-order valence-corrected chi connectivity index (χ4v) is 5.73. The number of likely N-dealkylation sites (N-methyl/N-ethyl adjacent to an activating group) is 1. The van der Waals surface area contributed by atoms with Gasteiger partial charge in [0.05, 0.1) is 22.9 Å². The van der Waals surface area contributed by atoms with Gasteiger partial charge >= 0.3 is 0 Å². The highest BCUT2D eigenvalue weighted by atomic mass is 32.1. The van der Waals surface area contributed by atoms with Gasteiger partial charge in [0.25, 0.3) is 11.5 Å². The number of carbonyl (C=O) groups is 1. The molecular formula is C24H25N3O3S2. The number of ether oxygens (including phenoxy) is 1. The summed E-state index contributed by atoms with van der Waals surface area (Å²) in [4.78, 5) is 35.2. The van der Waals surface area contributed by atoms with Gasteiger partial charge in [0.15, 0.2) is 4.80 Å². The zero-order valence-corrected chi connectivity index (χ0v) is 20.1. The van der Waals surface area contributed by atoms with Crippen molar-refractivity contribution in [3.05, 3.63) is 83.2 Å². The van der Waals surface area contributed by atoms with Gasteiger partial charge in [-0.1, -0.05) is 35.6 Å². The number of thiazole rings is 1. The predicted octanol–water partition coefficient (Wildman–Crippen LogP) is 3.17. The third kappa shape index (κ3) is 3.84. The van der Waals surface area contributed by atoms with E-state index in [2.05, 4.69) is 0 Å². The van der Waals surface area contributed by atoms with Crippen LogP contribution in [0.3, 0.4) is 0 Å². The zero-order chi connectivity index (χ0) is 22.8. The Morgan fingerprint density at radius 3 is 2.62 bits per heavy atom. The van der Waals surface area contributed by atoms with Gasteiger partial charge in [-0.2, -0.15) is 0 Å². The molecule has 0 fully saturated rings. The lowest BCUT2D eigenvalue weighted by Gasteiger charge is -2.29. The van der Waals surface area contributed by atoms with E-state index in [1.165, 1.54) is 11.3 Å². The number of allylic oxidation sites excluding steroid dienone is 1. The van der Waals surface area contributed by atoms with Crippen LogP contribution in [-0.2, 0) is 4.79 Å². The molecule has 4 rings (SSSR count). The first kappa shape index (κ1) is 22.2. The Morgan fingerprint density at radius 2 is 1.97 bits per heavy atom. The summed E-state index contributed by atoms with van der Waals surface area (Å²) in [5.74, 6) is 0.518. The summed E-state index contributed by atoms with van der Waals surface area (Å²) in [6, 6.07) is 10.9. The Morgan fingerprint density at radius 1 is 1.22 bits per heavy atom. The number of rotatable bonds is 6. The second kappa shape index (κ2) is 9.26. The van der Waals surface area contributed by atoms with Crippen LogP contribution in [0.25, 0.3) is 6.08 Å². The maximum Gasteiger partial charge on any atom is 0.271 e. The SMILES string of the molecule is CCN(CC)C(=O)C1=C(C)N=c2s/c(=C/c3cccs3)c(=O)n2[C@@H]1c1ccccc1OC. The number of para-hydroxylation sites is 1. The summed E-state index contributed by atoms with van der Waals surface area (Å²) in [7, 11) is 1.60. The van der Waals surface area contributed by atoms with E-state index in [0.29, 0.717) is 39.4 Å². The summed E-state index contributed by atoms with van der Waals surface area (Å²) in [5, 5.41) is 1.98. The van der Waals surface area contributed by atoms with Crippen LogP contribution in [0.1, 0.15) is 37.3 Å². The fraction of sp³-hybridized carbons (Fsp3) is 0.292. The second-order valence-electron chi connectivity index (χ2n) is 7.32. The van der Waals surface area contributed by atoms with Crippen LogP contribution in [0.4, 0.5) is 0 Å². The molecule has 0 saturated heterocycles. The molecule has 6 nitrogen and oxygen atoms in total. The van der Waals surface area contributed by atoms with Crippen LogP contribution in [0.2, 0.25) is 0 Å². The number of fused-ring (bicyclic) bond motifs is 1. The van der Waals surface area contributed by atoms with E-state index in [1.807, 2.05) is 68.6 Å². The lowest BCUT2D eigenvalue weighted by atomic mass is 9.94. The van der Waals surface area contributed by atoms with Crippen LogP contribution in [0, 0.1) is 0 Å². The Hall–Kier alpha value is -2.97. The molecule has 1 atom stereocenters. The lowest BCUT2D eigenvalue weighted by Crippen LogP contribution is -2.43. The maximum absolute atomic E-state index is 13.6. The molecule has 0 aliphatic carbocycles. The number of thiophene rings is 1. The molecule has 0 unspecified atom stereocenters. The zero-order valence-electron chi connectivity index (χ0n) is 18.5. The molecule has 1 aromatic carbocycles. The van der Waals surface area contributed by atoms with Crippen molar-refractivity contribution in [3.63, 3.8) is 0 Å². The summed E-state index contributed by atoms with van der Waals surface area (Å²) < 4.78 is 7.86. The number of hydrogen-bond donors (Lipinski definition) is 0. The Bertz CT molecular complexity index is 1350. The fourth-order valence-electron chi connectivity index (χ4n) is 3.97. The van der Waals surface area contributed by atoms with E-state index in [0.717, 1.165) is 10.4 Å². The number of hydrogen-bond acceptors (Lipinski definition) is 6. The van der Waals surface area contributed by atoms with Gasteiger partial charge in [0.2, 0.25) is 0 Å². The minimum atomic E-state index is -0.610. The largest absolute Gasteiger partial charge is 0.496 e. The van der Waals surface area contributed by atoms with Gasteiger partial charge in [-0.25, -0.2) is 4.99 Å². The first-order valence-electron chi connectivity index (χ1n) is 10.5. The molecule has 8 heteroatoms. The van der Waals surface area contributed by atoms with Gasteiger partial charge in [0, 0.05) is 23.5 Å². The van der Waals surface area contributed by atoms with Crippen LogP contribution in [-0.4, -0.2) is 35.6 Å². The van der Waals surface area contributed by atoms with Gasteiger partial charge in [-0.15, -0.1) is 11.3 Å². The molecule has 2 aromatic heterocycles. The molecule has 0 saturated carbocycles. The Balaban J connectivity index is 2.01. The van der Waals surface area contributed by atoms with Crippen LogP contribution < -0.4 is 19.6 Å². The smallest absolute Gasteiger partial charge is 0.271 e. The monoisotopic (exact) mass is 467 g/mol. The average Bonchev–Trinajstić information content (AvgIpc) is 3.41. The van der Waals surface area contributed by atoms with Crippen molar-refractivity contribution in [2.24, 2.45) is 4.99 Å². The summed E-state index contributed by atoms with van der Waals surface area (Å²) >= 11 is 2.92. The van der Waals surface area contributed by atoms with E-state index in [9.17, 15) is 9.59 Å². The molecule has 3 heterocycles. The van der Waals surface area contributed by atoms with Crippen molar-refractivity contribution >= 4 is 34.7 Å². The van der Waals surface area contributed by atoms with E-state index in [1.54, 1.807) is 27.9 Å². The number of methoxy groups -OCH3 is 1. The van der Waals surface area contributed by atoms with Gasteiger partial charge < -0.3 is 9.64 Å². The number of carbonyl (C=O) groups excluding carboxylic acids is 1. The van der Waals surface area contributed by atoms with Gasteiger partial charge in [0.1, 0.15) is 11.8 Å². The van der Waals surface area contributed by atoms with Crippen LogP contribution >= 0.6 is 22.7 Å². The van der Waals surface area contributed by atoms with E-state index < -0.39 is 6.04 Å². The Kier molecular flexibility index (Phi) is 6.43. The van der Waals surface area contributed by atoms with Gasteiger partial charge in [-0.3, -0.25) is 14.2 Å². The highest BCUT2D eigenvalue weighted by Crippen LogP contribution is 2.35. The summed E-state index contributed by atoms with van der Waals surface area (Å²) in [6.07, 6.45) is 1.89. The standard InChI is InChI=1S/C24H25N3O3S2/c1-5-26(6-2)23(29)20-15(3)25-24-27(21(20)17-11-7-8-12-18(17)30-4)22(28)19(32-24)14-16-10-9-13-31-16/h7-14,21H,5-6H2,1-4H3/b19-14+/t21-/m1/s1. The third-order valence-electron chi connectivity index (χ3n) is 5.55. The highest BCUT2D eigenvalue weighted by molar-refractivity contribution is 7.11. The molecule has 0 N–H and O–H groups in total. The summed E-state index contributed by atoms with van der Waals surface area (Å²) in [6.45, 7) is 6.90. The van der Waals surface area contributed by atoms with Crippen molar-refractivity contribution in [2.75, 3.05) is 20.2 Å². The minimum Gasteiger partial charge on any atom is -0.496 e. The molecule has 3 aromatic rings. The van der Waals surface area contributed by atoms with E-state index in [-0.39, 0.29) is 11.5 Å². The quantitative estimate of drug-likeness (QED) is 0.559. The number of nitrogens with zero attached hydrogens (tertiary/aromatic N) is 3. The molecule has 1 aliphatic rings. The van der Waals surface area contributed by atoms with Crippen molar-refractivity contribution < 1.29 is 9.53 Å². The second-order valence-corrected chi connectivity index (χ2v) is 9.30. The minimum absolute atomic E-state index is 0.111. The van der Waals surface area contributed by atoms with Crippen LogP contribution in [0.5, 0.6) is 5.75 Å². The average molecular weight is 468 g/mol. The number of aromatic nitrogens is 1. The molecule has 32 heavy (non-hydrogen) atoms. The van der Waals surface area contributed by atoms with Crippen molar-refractivity contribution in [2.45, 2.75) is 26.8 Å². The molecule has 0 radical (unpaired) electrons. The molecular weight excluding hydrogens is 442 g/mol. The molecule has 166 valence electrons. The predicted molar refractivity (Wildman–Crippen MR) is 129 cm³/mol. The van der Waals surface area contributed by atoms with Crippen molar-refractivity contribution in [1.82, 2.24) is 9.47 Å². The topological polar surface area (TPSA) is 63.9 Å². The van der Waals surface area contributed by atoms with Crippen LogP contribution in [0.15, 0.2) is 62.8 Å². The third-order valence-corrected chi connectivity index (χ3v) is 7.36. The lowest BCUT2D eigenvalue weighted by molar-refractivity contribution is -0.127. The van der Waals surface area contributed by atoms with Gasteiger partial charge in [-0.05, 0) is 44.4 Å². The maximum atomic E-state index is 13.6. The normalized spacial score (nSPS) is 16.0. The Labute approximate surface area is 194 Å².